The van der Waals surface area contributed by atoms with Gasteiger partial charge in [-0.3, -0.25) is 14.7 Å². The molecule has 2 aliphatic heterocycles. The second-order valence-electron chi connectivity index (χ2n) is 9.29. The van der Waals surface area contributed by atoms with Crippen LogP contribution in [-0.2, 0) is 28.0 Å². The Labute approximate surface area is 200 Å². The van der Waals surface area contributed by atoms with Crippen LogP contribution in [0.25, 0.3) is 0 Å². The minimum Gasteiger partial charge on any atom is -0.440 e. The number of ether oxygens (including phenoxy) is 1. The van der Waals surface area contributed by atoms with E-state index in [4.69, 9.17) is 4.74 Å². The molecule has 5 rings (SSSR count). The highest BCUT2D eigenvalue weighted by molar-refractivity contribution is 5.79. The predicted octanol–water partition coefficient (Wildman–Crippen LogP) is 4.55. The number of likely N-dealkylation sites (tertiary alicyclic amines) is 1. The molecule has 1 spiro atoms. The van der Waals surface area contributed by atoms with E-state index < -0.39 is 11.1 Å². The van der Waals surface area contributed by atoms with E-state index in [0.29, 0.717) is 38.9 Å². The lowest BCUT2D eigenvalue weighted by Gasteiger charge is -2.48. The van der Waals surface area contributed by atoms with Gasteiger partial charge in [0.15, 0.2) is 0 Å². The number of carbonyl (C=O) groups excluding carboxylic acids is 2. The molecule has 1 atom stereocenters. The van der Waals surface area contributed by atoms with Gasteiger partial charge < -0.3 is 9.64 Å². The molecule has 2 aromatic carbocycles. The first-order chi connectivity index (χ1) is 16.5. The second kappa shape index (κ2) is 8.93. The van der Waals surface area contributed by atoms with E-state index in [1.54, 1.807) is 12.4 Å². The molecule has 2 fully saturated rings. The molecule has 2 aliphatic rings. The molecule has 6 nitrogen and oxygen atoms in total. The highest BCUT2D eigenvalue weighted by Gasteiger charge is 2.63. The van der Waals surface area contributed by atoms with Crippen LogP contribution in [-0.4, -0.2) is 45.5 Å². The zero-order chi connectivity index (χ0) is 23.6. The number of hydrogen-bond donors (Lipinski definition) is 0. The summed E-state index contributed by atoms with van der Waals surface area (Å²) in [5.74, 6) is 0.110. The summed E-state index contributed by atoms with van der Waals surface area (Å²) in [5.41, 5.74) is 1.62. The Morgan fingerprint density at radius 3 is 2.24 bits per heavy atom. The monoisotopic (exact) mass is 455 g/mol. The molecule has 3 aromatic rings. The smallest absolute Gasteiger partial charge is 0.411 e. The van der Waals surface area contributed by atoms with E-state index in [0.717, 1.165) is 16.7 Å². The van der Waals surface area contributed by atoms with Crippen LogP contribution in [0, 0.1) is 0 Å². The molecule has 0 saturated carbocycles. The van der Waals surface area contributed by atoms with Gasteiger partial charge in [0, 0.05) is 38.3 Å². The lowest BCUT2D eigenvalue weighted by molar-refractivity contribution is -0.136. The zero-order valence-electron chi connectivity index (χ0n) is 19.4. The van der Waals surface area contributed by atoms with Gasteiger partial charge in [0.1, 0.15) is 11.1 Å². The molecule has 0 bridgehead atoms. The number of hydrogen-bond acceptors (Lipinski definition) is 4. The first-order valence-electron chi connectivity index (χ1n) is 11.8. The largest absolute Gasteiger partial charge is 0.440 e. The van der Waals surface area contributed by atoms with Crippen molar-refractivity contribution in [1.29, 1.82) is 0 Å². The quantitative estimate of drug-likeness (QED) is 0.566. The maximum absolute atomic E-state index is 13.3. The first kappa shape index (κ1) is 22.1. The predicted molar refractivity (Wildman–Crippen MR) is 129 cm³/mol. The van der Waals surface area contributed by atoms with E-state index in [2.05, 4.69) is 24.0 Å². The number of amides is 2. The van der Waals surface area contributed by atoms with Crippen LogP contribution in [0.3, 0.4) is 0 Å². The first-order valence-corrected chi connectivity index (χ1v) is 11.8. The summed E-state index contributed by atoms with van der Waals surface area (Å²) in [6, 6.07) is 23.8. The standard InChI is InChI=1S/C28H29N3O3/c1-27(24-12-6-3-7-13-24)28(34-26(33)31(27)21-23-11-8-16-29-20-23)14-17-30(18-15-28)25(32)19-22-9-4-2-5-10-22/h2-13,16,20H,14-15,17-19,21H2,1H3. The summed E-state index contributed by atoms with van der Waals surface area (Å²) in [6.07, 6.45) is 4.76. The van der Waals surface area contributed by atoms with Gasteiger partial charge in [-0.15, -0.1) is 0 Å². The Bertz CT molecular complexity index is 1150. The van der Waals surface area contributed by atoms with E-state index in [1.807, 2.05) is 70.5 Å². The number of nitrogens with zero attached hydrogens (tertiary/aromatic N) is 3. The van der Waals surface area contributed by atoms with Crippen molar-refractivity contribution in [3.8, 4) is 0 Å². The van der Waals surface area contributed by atoms with Crippen LogP contribution in [0.4, 0.5) is 4.79 Å². The van der Waals surface area contributed by atoms with Crippen molar-refractivity contribution in [3.63, 3.8) is 0 Å². The normalized spacial score (nSPS) is 21.5. The maximum atomic E-state index is 13.3. The molecule has 174 valence electrons. The van der Waals surface area contributed by atoms with Gasteiger partial charge in [-0.25, -0.2) is 4.79 Å². The van der Waals surface area contributed by atoms with Crippen molar-refractivity contribution in [2.45, 2.75) is 43.9 Å². The minimum atomic E-state index is -0.711. The van der Waals surface area contributed by atoms with Crippen molar-refractivity contribution >= 4 is 12.0 Å². The van der Waals surface area contributed by atoms with E-state index in [1.165, 1.54) is 0 Å². The number of piperidine rings is 1. The summed E-state index contributed by atoms with van der Waals surface area (Å²) in [7, 11) is 0. The molecule has 0 aliphatic carbocycles. The fourth-order valence-electron chi connectivity index (χ4n) is 5.42. The average molecular weight is 456 g/mol. The number of benzene rings is 2. The Hall–Kier alpha value is -3.67. The average Bonchev–Trinajstić information content (AvgIpc) is 3.08. The third-order valence-electron chi connectivity index (χ3n) is 7.45. The molecule has 34 heavy (non-hydrogen) atoms. The van der Waals surface area contributed by atoms with Crippen molar-refractivity contribution in [2.75, 3.05) is 13.1 Å². The molecule has 2 saturated heterocycles. The molecule has 0 radical (unpaired) electrons. The van der Waals surface area contributed by atoms with Crippen LogP contribution in [0.5, 0.6) is 0 Å². The third-order valence-corrected chi connectivity index (χ3v) is 7.45. The Morgan fingerprint density at radius 2 is 1.59 bits per heavy atom. The van der Waals surface area contributed by atoms with E-state index in [9.17, 15) is 9.59 Å². The van der Waals surface area contributed by atoms with Crippen LogP contribution >= 0.6 is 0 Å². The van der Waals surface area contributed by atoms with Gasteiger partial charge in [0.2, 0.25) is 5.91 Å². The Balaban J connectivity index is 1.41. The van der Waals surface area contributed by atoms with E-state index in [-0.39, 0.29) is 12.0 Å². The lowest BCUT2D eigenvalue weighted by Crippen LogP contribution is -2.59. The van der Waals surface area contributed by atoms with Gasteiger partial charge in [-0.1, -0.05) is 66.7 Å². The summed E-state index contributed by atoms with van der Waals surface area (Å²) < 4.78 is 6.22. The SMILES string of the molecule is CC1(c2ccccc2)N(Cc2cccnc2)C(=O)OC12CCN(C(=O)Cc1ccccc1)CC2. The molecular formula is C28H29N3O3. The van der Waals surface area contributed by atoms with Crippen molar-refractivity contribution in [2.24, 2.45) is 0 Å². The summed E-state index contributed by atoms with van der Waals surface area (Å²) in [5, 5.41) is 0. The van der Waals surface area contributed by atoms with Crippen LogP contribution < -0.4 is 0 Å². The zero-order valence-corrected chi connectivity index (χ0v) is 19.4. The molecule has 6 heteroatoms. The van der Waals surface area contributed by atoms with Crippen LogP contribution in [0.2, 0.25) is 0 Å². The van der Waals surface area contributed by atoms with E-state index >= 15 is 0 Å². The summed E-state index contributed by atoms with van der Waals surface area (Å²) in [4.78, 5) is 34.2. The molecular weight excluding hydrogens is 426 g/mol. The fraction of sp³-hybridized carbons (Fsp3) is 0.321. The highest BCUT2D eigenvalue weighted by atomic mass is 16.6. The Morgan fingerprint density at radius 1 is 0.941 bits per heavy atom. The molecule has 2 amide bonds. The maximum Gasteiger partial charge on any atom is 0.411 e. The number of carbonyl (C=O) groups is 2. The highest BCUT2D eigenvalue weighted by Crippen LogP contribution is 2.52. The van der Waals surface area contributed by atoms with Crippen LogP contribution in [0.15, 0.2) is 85.2 Å². The van der Waals surface area contributed by atoms with Gasteiger partial charge in [-0.2, -0.15) is 0 Å². The minimum absolute atomic E-state index is 0.110. The topological polar surface area (TPSA) is 62.7 Å². The van der Waals surface area contributed by atoms with Gasteiger partial charge in [0.25, 0.3) is 0 Å². The summed E-state index contributed by atoms with van der Waals surface area (Å²) in [6.45, 7) is 3.63. The number of pyridine rings is 1. The third kappa shape index (κ3) is 3.83. The molecule has 1 unspecified atom stereocenters. The lowest BCUT2D eigenvalue weighted by atomic mass is 9.70. The van der Waals surface area contributed by atoms with Gasteiger partial charge >= 0.3 is 6.09 Å². The van der Waals surface area contributed by atoms with Crippen molar-refractivity contribution in [3.05, 3.63) is 102 Å². The fourth-order valence-corrected chi connectivity index (χ4v) is 5.42. The van der Waals surface area contributed by atoms with Gasteiger partial charge in [-0.05, 0) is 29.7 Å². The van der Waals surface area contributed by atoms with Crippen molar-refractivity contribution < 1.29 is 14.3 Å². The van der Waals surface area contributed by atoms with Crippen molar-refractivity contribution in [1.82, 2.24) is 14.8 Å². The summed E-state index contributed by atoms with van der Waals surface area (Å²) >= 11 is 0. The van der Waals surface area contributed by atoms with Crippen LogP contribution in [0.1, 0.15) is 36.5 Å². The van der Waals surface area contributed by atoms with Gasteiger partial charge in [0.05, 0.1) is 13.0 Å². The molecule has 1 aromatic heterocycles. The second-order valence-corrected chi connectivity index (χ2v) is 9.29. The Kier molecular flexibility index (Phi) is 5.82. The molecule has 0 N–H and O–H groups in total. The molecule has 3 heterocycles. The number of aromatic nitrogens is 1. The number of rotatable bonds is 5.